The van der Waals surface area contributed by atoms with Gasteiger partial charge in [0.25, 0.3) is 0 Å². The van der Waals surface area contributed by atoms with Gasteiger partial charge in [-0.3, -0.25) is 4.90 Å². The third-order valence-electron chi connectivity index (χ3n) is 1.95. The quantitative estimate of drug-likeness (QED) is 0.633. The molecule has 1 rings (SSSR count). The first kappa shape index (κ1) is 8.97. The van der Waals surface area contributed by atoms with Gasteiger partial charge in [-0.1, -0.05) is 0 Å². The Balaban J connectivity index is 0.00000121. The van der Waals surface area contributed by atoms with Gasteiger partial charge in [0, 0.05) is 27.7 Å². The molecule has 1 fully saturated rings. The number of nitrogens with zero attached hydrogens (tertiary/aromatic N) is 1. The van der Waals surface area contributed by atoms with Crippen molar-refractivity contribution < 1.29 is 11.3 Å². The fourth-order valence-electron chi connectivity index (χ4n) is 1.42. The zero-order chi connectivity index (χ0) is 8.10. The summed E-state index contributed by atoms with van der Waals surface area (Å²) in [6, 6.07) is 0. The molecule has 1 atom stereocenters. The molecule has 3 heteroatoms. The van der Waals surface area contributed by atoms with Crippen LogP contribution >= 0.6 is 0 Å². The van der Waals surface area contributed by atoms with Crippen molar-refractivity contribution in [3.8, 4) is 0 Å². The van der Waals surface area contributed by atoms with Crippen LogP contribution in [0, 0.1) is 0 Å². The molecule has 1 aliphatic heterocycles. The van der Waals surface area contributed by atoms with Crippen molar-refractivity contribution in [2.45, 2.75) is 19.4 Å². The molecule has 1 aliphatic rings. The van der Waals surface area contributed by atoms with Crippen LogP contribution in [0.25, 0.3) is 0 Å². The summed E-state index contributed by atoms with van der Waals surface area (Å²) in [5, 5.41) is 8.71. The van der Waals surface area contributed by atoms with Crippen LogP contribution in [0.2, 0.25) is 0 Å². The lowest BCUT2D eigenvalue weighted by Crippen LogP contribution is -2.32. The molecule has 1 heterocycles. The number of rotatable bonds is 2. The molecule has 0 aromatic carbocycles. The average Bonchev–Trinajstić information content (AvgIpc) is 2.15. The van der Waals surface area contributed by atoms with E-state index in [0.29, 0.717) is 6.10 Å². The van der Waals surface area contributed by atoms with Gasteiger partial charge in [0.1, 0.15) is 0 Å². The zero-order valence-electron chi connectivity index (χ0n) is 7.12. The van der Waals surface area contributed by atoms with Gasteiger partial charge in [-0.05, 0) is 13.3 Å². The molecule has 0 spiro atoms. The molecule has 1 unspecified atom stereocenters. The maximum Gasteiger partial charge on any atom is 0.0673 e. The Morgan fingerprint density at radius 2 is 2.55 bits per heavy atom. The van der Waals surface area contributed by atoms with E-state index in [4.69, 9.17) is 9.84 Å². The van der Waals surface area contributed by atoms with Crippen LogP contribution in [0.1, 0.15) is 14.8 Å². The second-order valence-corrected chi connectivity index (χ2v) is 3.06. The molecule has 1 saturated heterocycles. The van der Waals surface area contributed by atoms with E-state index >= 15 is 0 Å². The number of aliphatic hydroxyl groups is 1. The Morgan fingerprint density at radius 3 is 3.27 bits per heavy atom. The summed E-state index contributed by atoms with van der Waals surface area (Å²) in [5.74, 6) is 0. The molecule has 0 bridgehead atoms. The highest BCUT2D eigenvalue weighted by molar-refractivity contribution is 4.65. The van der Waals surface area contributed by atoms with E-state index < -0.39 is 0 Å². The van der Waals surface area contributed by atoms with E-state index in [-0.39, 0.29) is 8.03 Å². The SMILES string of the molecule is CC1CN(CCO)CCCO1.[HH]. The summed E-state index contributed by atoms with van der Waals surface area (Å²) in [6.45, 7) is 6.00. The van der Waals surface area contributed by atoms with Gasteiger partial charge in [0.05, 0.1) is 12.7 Å². The molecule has 11 heavy (non-hydrogen) atoms. The molecule has 0 radical (unpaired) electrons. The van der Waals surface area contributed by atoms with E-state index in [9.17, 15) is 0 Å². The summed E-state index contributed by atoms with van der Waals surface area (Å²) >= 11 is 0. The van der Waals surface area contributed by atoms with Gasteiger partial charge in [-0.15, -0.1) is 0 Å². The standard InChI is InChI=1S/C8H17NO2.H2/c1-8-7-9(4-5-10)3-2-6-11-8;/h8,10H,2-7H2,1H3;1H. The number of aliphatic hydroxyl groups excluding tert-OH is 1. The summed E-state index contributed by atoms with van der Waals surface area (Å²) in [7, 11) is 0. The molecule has 0 saturated carbocycles. The van der Waals surface area contributed by atoms with Crippen LogP contribution in [-0.4, -0.2) is 49.0 Å². The minimum absolute atomic E-state index is 0. The van der Waals surface area contributed by atoms with Crippen molar-refractivity contribution in [1.29, 1.82) is 0 Å². The smallest absolute Gasteiger partial charge is 0.0673 e. The first-order chi connectivity index (χ1) is 5.33. The summed E-state index contributed by atoms with van der Waals surface area (Å²) in [6.07, 6.45) is 1.41. The van der Waals surface area contributed by atoms with E-state index in [2.05, 4.69) is 11.8 Å². The summed E-state index contributed by atoms with van der Waals surface area (Å²) in [4.78, 5) is 2.25. The predicted molar refractivity (Wildman–Crippen MR) is 45.7 cm³/mol. The lowest BCUT2D eigenvalue weighted by atomic mass is 10.3. The fourth-order valence-corrected chi connectivity index (χ4v) is 1.42. The maximum atomic E-state index is 8.71. The van der Waals surface area contributed by atoms with Crippen molar-refractivity contribution >= 4 is 0 Å². The van der Waals surface area contributed by atoms with Gasteiger partial charge in [0.2, 0.25) is 0 Å². The second-order valence-electron chi connectivity index (χ2n) is 3.06. The highest BCUT2D eigenvalue weighted by atomic mass is 16.5. The topological polar surface area (TPSA) is 32.7 Å². The van der Waals surface area contributed by atoms with Crippen LogP contribution in [0.15, 0.2) is 0 Å². The van der Waals surface area contributed by atoms with Gasteiger partial charge in [-0.25, -0.2) is 0 Å². The second kappa shape index (κ2) is 4.70. The molecule has 0 aliphatic carbocycles. The minimum atomic E-state index is 0. The van der Waals surface area contributed by atoms with Crippen LogP contribution in [-0.2, 0) is 4.74 Å². The average molecular weight is 161 g/mol. The fraction of sp³-hybridized carbons (Fsp3) is 1.00. The van der Waals surface area contributed by atoms with Gasteiger partial charge in [0.15, 0.2) is 0 Å². The molecular weight excluding hydrogens is 142 g/mol. The van der Waals surface area contributed by atoms with E-state index in [1.54, 1.807) is 0 Å². The number of hydrogen-bond acceptors (Lipinski definition) is 3. The van der Waals surface area contributed by atoms with E-state index in [1.807, 2.05) is 0 Å². The highest BCUT2D eigenvalue weighted by Crippen LogP contribution is 2.03. The van der Waals surface area contributed by atoms with Crippen molar-refractivity contribution in [1.82, 2.24) is 4.90 Å². The van der Waals surface area contributed by atoms with Crippen molar-refractivity contribution in [2.24, 2.45) is 0 Å². The van der Waals surface area contributed by atoms with Crippen LogP contribution in [0.5, 0.6) is 0 Å². The molecule has 0 aromatic heterocycles. The van der Waals surface area contributed by atoms with Crippen molar-refractivity contribution in [3.63, 3.8) is 0 Å². The number of β-amino-alcohol motifs (C(OH)–C–C–N with tert-alkyl or cyclic N) is 1. The van der Waals surface area contributed by atoms with E-state index in [1.165, 1.54) is 0 Å². The normalized spacial score (nSPS) is 28.4. The zero-order valence-corrected chi connectivity index (χ0v) is 7.12. The summed E-state index contributed by atoms with van der Waals surface area (Å²) in [5.41, 5.74) is 0. The lowest BCUT2D eigenvalue weighted by molar-refractivity contribution is 0.0652. The Bertz CT molecular complexity index is 113. The highest BCUT2D eigenvalue weighted by Gasteiger charge is 2.13. The number of ether oxygens (including phenoxy) is 1. The molecule has 0 amide bonds. The van der Waals surface area contributed by atoms with Crippen molar-refractivity contribution in [2.75, 3.05) is 32.8 Å². The van der Waals surface area contributed by atoms with Crippen LogP contribution in [0.3, 0.4) is 0 Å². The van der Waals surface area contributed by atoms with Gasteiger partial charge >= 0.3 is 0 Å². The Kier molecular flexibility index (Phi) is 3.83. The minimum Gasteiger partial charge on any atom is -0.395 e. The maximum absolute atomic E-state index is 8.71. The Morgan fingerprint density at radius 1 is 1.73 bits per heavy atom. The Labute approximate surface area is 69.4 Å². The predicted octanol–water partition coefficient (Wildman–Crippen LogP) is 0.335. The van der Waals surface area contributed by atoms with Gasteiger partial charge in [-0.2, -0.15) is 0 Å². The third-order valence-corrected chi connectivity index (χ3v) is 1.95. The largest absolute Gasteiger partial charge is 0.395 e. The van der Waals surface area contributed by atoms with Crippen LogP contribution in [0.4, 0.5) is 0 Å². The van der Waals surface area contributed by atoms with Crippen LogP contribution < -0.4 is 0 Å². The first-order valence-electron chi connectivity index (χ1n) is 4.27. The number of hydrogen-bond donors (Lipinski definition) is 1. The lowest BCUT2D eigenvalue weighted by Gasteiger charge is -2.19. The molecule has 3 nitrogen and oxygen atoms in total. The molecule has 1 N–H and O–H groups in total. The molecular formula is C8H19NO2. The Hall–Kier alpha value is -0.120. The first-order valence-corrected chi connectivity index (χ1v) is 4.27. The molecule has 0 aromatic rings. The van der Waals surface area contributed by atoms with Crippen molar-refractivity contribution in [3.05, 3.63) is 0 Å². The van der Waals surface area contributed by atoms with E-state index in [0.717, 1.165) is 32.7 Å². The van der Waals surface area contributed by atoms with Gasteiger partial charge < -0.3 is 9.84 Å². The molecule has 68 valence electrons. The summed E-state index contributed by atoms with van der Waals surface area (Å²) < 4.78 is 5.46. The third kappa shape index (κ3) is 3.18. The monoisotopic (exact) mass is 161 g/mol.